The zero-order chi connectivity index (χ0) is 63.1. The number of rotatable bonds is 64. The van der Waals surface area contributed by atoms with Gasteiger partial charge in [-0.15, -0.1) is 0 Å². The predicted octanol–water partition coefficient (Wildman–Crippen LogP) is 18.3. The minimum Gasteiger partial charge on any atom is -0.462 e. The average molecular weight is 1260 g/mol. The summed E-state index contributed by atoms with van der Waals surface area (Å²) in [7, 11) is -9.89. The van der Waals surface area contributed by atoms with Gasteiger partial charge in [0.1, 0.15) is 19.3 Å². The number of aliphatic hydroxyl groups excluding tert-OH is 1. The summed E-state index contributed by atoms with van der Waals surface area (Å²) < 4.78 is 68.0. The van der Waals surface area contributed by atoms with Crippen LogP contribution in [0.1, 0.15) is 325 Å². The van der Waals surface area contributed by atoms with Crippen molar-refractivity contribution >= 4 is 39.5 Å². The largest absolute Gasteiger partial charge is 0.472 e. The summed E-state index contributed by atoms with van der Waals surface area (Å²) in [5.41, 5.74) is 0. The number of hydrogen-bond acceptors (Lipinski definition) is 15. The molecule has 17 nitrogen and oxygen atoms in total. The molecule has 0 radical (unpaired) electrons. The predicted molar refractivity (Wildman–Crippen MR) is 340 cm³/mol. The summed E-state index contributed by atoms with van der Waals surface area (Å²) in [5.74, 6) is 0.0804. The van der Waals surface area contributed by atoms with Gasteiger partial charge in [0, 0.05) is 25.7 Å². The van der Waals surface area contributed by atoms with Crippen molar-refractivity contribution in [3.8, 4) is 0 Å². The van der Waals surface area contributed by atoms with Crippen LogP contribution in [-0.4, -0.2) is 96.7 Å². The van der Waals surface area contributed by atoms with Gasteiger partial charge in [-0.1, -0.05) is 273 Å². The Morgan fingerprint density at radius 2 is 0.600 bits per heavy atom. The smallest absolute Gasteiger partial charge is 0.462 e. The molecule has 504 valence electrons. The minimum atomic E-state index is -4.95. The number of esters is 4. The minimum absolute atomic E-state index is 0.102. The molecule has 0 fully saturated rings. The Bertz CT molecular complexity index is 1680. The maximum atomic E-state index is 13.0. The highest BCUT2D eigenvalue weighted by Gasteiger charge is 2.30. The van der Waals surface area contributed by atoms with Gasteiger partial charge in [-0.05, 0) is 43.4 Å². The van der Waals surface area contributed by atoms with Crippen molar-refractivity contribution in [1.82, 2.24) is 0 Å². The van der Waals surface area contributed by atoms with E-state index in [1.807, 2.05) is 0 Å². The number of carbonyl (C=O) groups excluding carboxylic acids is 4. The number of hydrogen-bond donors (Lipinski definition) is 3. The van der Waals surface area contributed by atoms with E-state index in [2.05, 4.69) is 48.5 Å². The molecule has 0 aromatic rings. The number of phosphoric acid groups is 2. The third kappa shape index (κ3) is 59.5. The molecular weight excluding hydrogens is 1130 g/mol. The molecule has 0 spiro atoms. The monoisotopic (exact) mass is 1250 g/mol. The molecule has 0 aromatic heterocycles. The van der Waals surface area contributed by atoms with Crippen LogP contribution >= 0.6 is 15.6 Å². The molecule has 0 rings (SSSR count). The maximum Gasteiger partial charge on any atom is 0.472 e. The van der Waals surface area contributed by atoms with Crippen LogP contribution in [0.2, 0.25) is 0 Å². The van der Waals surface area contributed by atoms with Gasteiger partial charge in [0.15, 0.2) is 12.2 Å². The Kier molecular flexibility index (Phi) is 55.9. The Morgan fingerprint density at radius 3 is 0.894 bits per heavy atom. The van der Waals surface area contributed by atoms with Gasteiger partial charge in [0.05, 0.1) is 26.4 Å². The average Bonchev–Trinajstić information content (AvgIpc) is 3.54. The van der Waals surface area contributed by atoms with Gasteiger partial charge in [-0.2, -0.15) is 0 Å². The summed E-state index contributed by atoms with van der Waals surface area (Å²) >= 11 is 0. The lowest BCUT2D eigenvalue weighted by molar-refractivity contribution is -0.161. The lowest BCUT2D eigenvalue weighted by Gasteiger charge is -2.21. The number of ether oxygens (including phenoxy) is 4. The first-order chi connectivity index (χ1) is 40.8. The zero-order valence-electron chi connectivity index (χ0n) is 55.1. The Balaban J connectivity index is 5.18. The number of carbonyl (C=O) groups is 4. The lowest BCUT2D eigenvalue weighted by Crippen LogP contribution is -2.30. The van der Waals surface area contributed by atoms with Gasteiger partial charge in [-0.3, -0.25) is 37.3 Å². The summed E-state index contributed by atoms with van der Waals surface area (Å²) in [6.07, 6.45) is 39.2. The second-order valence-corrected chi connectivity index (χ2v) is 28.0. The number of unbranched alkanes of at least 4 members (excludes halogenated alkanes) is 31. The number of phosphoric ester groups is 2. The van der Waals surface area contributed by atoms with Crippen molar-refractivity contribution in [2.24, 2.45) is 17.8 Å². The fraction of sp³-hybridized carbons (Fsp3) is 0.939. The van der Waals surface area contributed by atoms with Crippen LogP contribution in [0.15, 0.2) is 0 Å². The first kappa shape index (κ1) is 83.1. The van der Waals surface area contributed by atoms with Crippen LogP contribution in [0.4, 0.5) is 0 Å². The summed E-state index contributed by atoms with van der Waals surface area (Å²) in [6, 6.07) is 0. The van der Waals surface area contributed by atoms with E-state index < -0.39 is 97.5 Å². The first-order valence-corrected chi connectivity index (χ1v) is 37.4. The van der Waals surface area contributed by atoms with Gasteiger partial charge < -0.3 is 33.8 Å². The van der Waals surface area contributed by atoms with Crippen molar-refractivity contribution in [2.45, 2.75) is 343 Å². The number of aliphatic hydroxyl groups is 1. The lowest BCUT2D eigenvalue weighted by atomic mass is 9.99. The molecule has 0 amide bonds. The standard InChI is InChI=1S/C66H128O17P2/c1-8-10-11-12-13-25-33-40-47-63(68)76-54-62(83-66(71)50-43-36-29-28-31-38-45-58(5)6)56-81-85(74,75)79-52-60(67)51-78-84(72,73)80-55-61(53-77-64(69)48-41-34-27-22-23-30-37-44-57(3)4)82-65(70)49-42-35-26-21-19-17-15-14-16-18-20-24-32-39-46-59(7)9-2/h57-62,67H,8-56H2,1-7H3,(H,72,73)(H,74,75)/t59?,60-,61-,62-/m1/s1. The van der Waals surface area contributed by atoms with Crippen LogP contribution < -0.4 is 0 Å². The van der Waals surface area contributed by atoms with E-state index in [-0.39, 0.29) is 25.7 Å². The Morgan fingerprint density at radius 1 is 0.341 bits per heavy atom. The topological polar surface area (TPSA) is 237 Å². The summed E-state index contributed by atoms with van der Waals surface area (Å²) in [5, 5.41) is 10.5. The summed E-state index contributed by atoms with van der Waals surface area (Å²) in [6.45, 7) is 11.7. The molecule has 3 unspecified atom stereocenters. The molecule has 6 atom stereocenters. The third-order valence-electron chi connectivity index (χ3n) is 15.5. The highest BCUT2D eigenvalue weighted by atomic mass is 31.2. The molecule has 0 aliphatic rings. The molecule has 85 heavy (non-hydrogen) atoms. The van der Waals surface area contributed by atoms with E-state index in [9.17, 15) is 43.2 Å². The highest BCUT2D eigenvalue weighted by Crippen LogP contribution is 2.45. The van der Waals surface area contributed by atoms with E-state index >= 15 is 0 Å². The van der Waals surface area contributed by atoms with Crippen LogP contribution in [0.5, 0.6) is 0 Å². The van der Waals surface area contributed by atoms with E-state index in [0.29, 0.717) is 37.5 Å². The first-order valence-electron chi connectivity index (χ1n) is 34.4. The van der Waals surface area contributed by atoms with Crippen molar-refractivity contribution in [3.63, 3.8) is 0 Å². The molecule has 0 saturated heterocycles. The fourth-order valence-corrected chi connectivity index (χ4v) is 11.4. The molecule has 0 heterocycles. The maximum absolute atomic E-state index is 13.0. The quantitative estimate of drug-likeness (QED) is 0.0222. The van der Waals surface area contributed by atoms with E-state index in [0.717, 1.165) is 109 Å². The highest BCUT2D eigenvalue weighted by molar-refractivity contribution is 7.47. The zero-order valence-corrected chi connectivity index (χ0v) is 56.9. The van der Waals surface area contributed by atoms with Crippen LogP contribution in [0, 0.1) is 17.8 Å². The van der Waals surface area contributed by atoms with Crippen molar-refractivity contribution in [2.75, 3.05) is 39.6 Å². The summed E-state index contributed by atoms with van der Waals surface area (Å²) in [4.78, 5) is 72.2. The molecular formula is C66H128O17P2. The third-order valence-corrected chi connectivity index (χ3v) is 17.4. The molecule has 0 aliphatic heterocycles. The Hall–Kier alpha value is -1.94. The fourth-order valence-electron chi connectivity index (χ4n) is 9.80. The van der Waals surface area contributed by atoms with Crippen molar-refractivity contribution in [1.29, 1.82) is 0 Å². The molecule has 0 bridgehead atoms. The van der Waals surface area contributed by atoms with Crippen LogP contribution in [-0.2, 0) is 65.4 Å². The van der Waals surface area contributed by atoms with E-state index in [1.54, 1.807) is 0 Å². The van der Waals surface area contributed by atoms with Crippen LogP contribution in [0.3, 0.4) is 0 Å². The normalized spacial score (nSPS) is 14.6. The molecule has 0 saturated carbocycles. The molecule has 0 aromatic carbocycles. The Labute approximate surface area is 517 Å². The van der Waals surface area contributed by atoms with Gasteiger partial charge in [0.25, 0.3) is 0 Å². The van der Waals surface area contributed by atoms with Gasteiger partial charge in [-0.25, -0.2) is 9.13 Å². The van der Waals surface area contributed by atoms with Crippen LogP contribution in [0.25, 0.3) is 0 Å². The molecule has 3 N–H and O–H groups in total. The van der Waals surface area contributed by atoms with Crippen molar-refractivity contribution in [3.05, 3.63) is 0 Å². The SMILES string of the molecule is CCCCCCCCCCC(=O)OC[C@H](COP(=O)(O)OC[C@H](O)COP(=O)(O)OC[C@@H](COC(=O)CCCCCCCCCC(C)C)OC(=O)CCCCCCCCCCCCCCCCC(C)CC)OC(=O)CCCCCCCCC(C)C. The second kappa shape index (κ2) is 57.2. The van der Waals surface area contributed by atoms with E-state index in [1.165, 1.54) is 122 Å². The molecule has 19 heteroatoms. The van der Waals surface area contributed by atoms with Gasteiger partial charge in [0.2, 0.25) is 0 Å². The second-order valence-electron chi connectivity index (χ2n) is 25.1. The molecule has 0 aliphatic carbocycles. The van der Waals surface area contributed by atoms with Gasteiger partial charge >= 0.3 is 39.5 Å². The van der Waals surface area contributed by atoms with E-state index in [4.69, 9.17) is 37.0 Å². The van der Waals surface area contributed by atoms with Crippen molar-refractivity contribution < 1.29 is 80.2 Å².